The zero-order valence-corrected chi connectivity index (χ0v) is 12.6. The number of pyridine rings is 1. The summed E-state index contributed by atoms with van der Waals surface area (Å²) in [6.07, 6.45) is 6.05. The van der Waals surface area contributed by atoms with E-state index in [1.165, 1.54) is 12.0 Å². The van der Waals surface area contributed by atoms with Gasteiger partial charge >= 0.3 is 0 Å². The Morgan fingerprint density at radius 2 is 2.19 bits per heavy atom. The van der Waals surface area contributed by atoms with E-state index in [-0.39, 0.29) is 0 Å². The molecule has 1 aliphatic heterocycles. The lowest BCUT2D eigenvalue weighted by Crippen LogP contribution is -2.24. The molecule has 1 N–H and O–H groups in total. The minimum atomic E-state index is 0.386. The van der Waals surface area contributed by atoms with Gasteiger partial charge in [-0.3, -0.25) is 4.90 Å². The highest BCUT2D eigenvalue weighted by molar-refractivity contribution is 5.43. The van der Waals surface area contributed by atoms with Gasteiger partial charge in [-0.15, -0.1) is 0 Å². The third-order valence-corrected chi connectivity index (χ3v) is 4.00. The molecule has 5 heteroatoms. The van der Waals surface area contributed by atoms with Crippen molar-refractivity contribution in [2.75, 3.05) is 18.9 Å². The Bertz CT molecular complexity index is 613. The Hall–Kier alpha value is -2.01. The lowest BCUT2D eigenvalue weighted by Gasteiger charge is -2.24. The van der Waals surface area contributed by atoms with Crippen molar-refractivity contribution in [1.82, 2.24) is 19.9 Å². The van der Waals surface area contributed by atoms with E-state index >= 15 is 0 Å². The molecule has 0 bridgehead atoms. The summed E-state index contributed by atoms with van der Waals surface area (Å²) in [5.41, 5.74) is 2.37. The van der Waals surface area contributed by atoms with Crippen molar-refractivity contribution in [2.24, 2.45) is 0 Å². The molecule has 0 spiro atoms. The van der Waals surface area contributed by atoms with Gasteiger partial charge in [-0.1, -0.05) is 6.07 Å². The maximum Gasteiger partial charge on any atom is 0.130 e. The Balaban J connectivity index is 1.81. The van der Waals surface area contributed by atoms with E-state index in [0.29, 0.717) is 6.04 Å². The van der Waals surface area contributed by atoms with Crippen LogP contribution in [-0.4, -0.2) is 33.4 Å². The summed E-state index contributed by atoms with van der Waals surface area (Å²) in [6, 6.07) is 6.56. The molecule has 3 rings (SSSR count). The quantitative estimate of drug-likeness (QED) is 0.934. The lowest BCUT2D eigenvalue weighted by molar-refractivity contribution is 0.244. The van der Waals surface area contributed by atoms with Gasteiger partial charge in [0.15, 0.2) is 0 Å². The lowest BCUT2D eigenvalue weighted by atomic mass is 10.1. The van der Waals surface area contributed by atoms with Crippen LogP contribution < -0.4 is 5.32 Å². The van der Waals surface area contributed by atoms with Crippen molar-refractivity contribution in [3.63, 3.8) is 0 Å². The molecule has 5 nitrogen and oxygen atoms in total. The van der Waals surface area contributed by atoms with Gasteiger partial charge in [0.05, 0.1) is 11.7 Å². The van der Waals surface area contributed by atoms with Gasteiger partial charge in [0, 0.05) is 31.5 Å². The van der Waals surface area contributed by atoms with E-state index in [1.54, 1.807) is 0 Å². The summed E-state index contributed by atoms with van der Waals surface area (Å²) in [6.45, 7) is 3.95. The van der Waals surface area contributed by atoms with Gasteiger partial charge in [-0.05, 0) is 38.4 Å². The van der Waals surface area contributed by atoms with Crippen molar-refractivity contribution in [2.45, 2.75) is 32.4 Å². The highest BCUT2D eigenvalue weighted by Gasteiger charge is 2.27. The van der Waals surface area contributed by atoms with Gasteiger partial charge in [-0.2, -0.15) is 0 Å². The van der Waals surface area contributed by atoms with Crippen LogP contribution in [0.2, 0.25) is 0 Å². The predicted octanol–water partition coefficient (Wildman–Crippen LogP) is 2.56. The smallest absolute Gasteiger partial charge is 0.130 e. The third-order valence-electron chi connectivity index (χ3n) is 4.00. The van der Waals surface area contributed by atoms with Crippen LogP contribution in [0, 0.1) is 6.92 Å². The molecule has 110 valence electrons. The number of nitrogens with zero attached hydrogens (tertiary/aromatic N) is 4. The zero-order chi connectivity index (χ0) is 14.7. The molecular weight excluding hydrogens is 262 g/mol. The molecule has 21 heavy (non-hydrogen) atoms. The van der Waals surface area contributed by atoms with Crippen LogP contribution in [0.4, 0.5) is 5.82 Å². The van der Waals surface area contributed by atoms with E-state index in [0.717, 1.165) is 36.8 Å². The van der Waals surface area contributed by atoms with Gasteiger partial charge in [-0.25, -0.2) is 15.0 Å². The second kappa shape index (κ2) is 6.18. The number of aryl methyl sites for hydroxylation is 1. The Morgan fingerprint density at radius 3 is 3.00 bits per heavy atom. The fourth-order valence-corrected chi connectivity index (χ4v) is 3.02. The van der Waals surface area contributed by atoms with Crippen LogP contribution in [0.3, 0.4) is 0 Å². The number of likely N-dealkylation sites (tertiary alicyclic amines) is 1. The second-order valence-corrected chi connectivity index (χ2v) is 5.42. The molecule has 0 amide bonds. The van der Waals surface area contributed by atoms with Crippen LogP contribution in [0.1, 0.15) is 36.0 Å². The average Bonchev–Trinajstić information content (AvgIpc) is 2.96. The molecular formula is C16H21N5. The van der Waals surface area contributed by atoms with Gasteiger partial charge in [0.1, 0.15) is 11.6 Å². The normalized spacial score (nSPS) is 18.9. The van der Waals surface area contributed by atoms with E-state index < -0.39 is 0 Å². The molecule has 1 fully saturated rings. The molecule has 0 radical (unpaired) electrons. The molecule has 2 aromatic rings. The predicted molar refractivity (Wildman–Crippen MR) is 82.9 cm³/mol. The first kappa shape index (κ1) is 13.9. The number of aromatic nitrogens is 3. The number of hydrogen-bond donors (Lipinski definition) is 1. The molecule has 1 atom stereocenters. The molecule has 0 aromatic carbocycles. The Labute approximate surface area is 125 Å². The van der Waals surface area contributed by atoms with E-state index in [9.17, 15) is 0 Å². The van der Waals surface area contributed by atoms with Crippen molar-refractivity contribution in [1.29, 1.82) is 0 Å². The van der Waals surface area contributed by atoms with Crippen LogP contribution >= 0.6 is 0 Å². The van der Waals surface area contributed by atoms with Crippen molar-refractivity contribution in [3.05, 3.63) is 47.7 Å². The van der Waals surface area contributed by atoms with Crippen molar-refractivity contribution in [3.8, 4) is 0 Å². The average molecular weight is 283 g/mol. The van der Waals surface area contributed by atoms with Crippen molar-refractivity contribution < 1.29 is 0 Å². The van der Waals surface area contributed by atoms with Crippen LogP contribution in [0.5, 0.6) is 0 Å². The van der Waals surface area contributed by atoms with E-state index in [1.807, 2.05) is 38.5 Å². The topological polar surface area (TPSA) is 53.9 Å². The molecule has 0 unspecified atom stereocenters. The largest absolute Gasteiger partial charge is 0.373 e. The molecule has 1 aliphatic rings. The van der Waals surface area contributed by atoms with Crippen LogP contribution in [0.25, 0.3) is 0 Å². The molecule has 1 saturated heterocycles. The maximum atomic E-state index is 4.61. The minimum Gasteiger partial charge on any atom is -0.373 e. The SMILES string of the molecule is CNc1ncccc1CN1CCC[C@@H]1c1ccnc(C)n1. The van der Waals surface area contributed by atoms with Gasteiger partial charge < -0.3 is 5.32 Å². The van der Waals surface area contributed by atoms with E-state index in [2.05, 4.69) is 31.2 Å². The second-order valence-electron chi connectivity index (χ2n) is 5.42. The first-order valence-corrected chi connectivity index (χ1v) is 7.43. The maximum absolute atomic E-state index is 4.61. The molecule has 0 saturated carbocycles. The summed E-state index contributed by atoms with van der Waals surface area (Å²) < 4.78 is 0. The summed E-state index contributed by atoms with van der Waals surface area (Å²) >= 11 is 0. The minimum absolute atomic E-state index is 0.386. The summed E-state index contributed by atoms with van der Waals surface area (Å²) in [5.74, 6) is 1.80. The zero-order valence-electron chi connectivity index (χ0n) is 12.6. The standard InChI is InChI=1S/C16H21N5/c1-12-18-9-7-14(20-12)15-6-4-10-21(15)11-13-5-3-8-19-16(13)17-2/h3,5,7-9,15H,4,6,10-11H2,1-2H3,(H,17,19)/t15-/m1/s1. The summed E-state index contributed by atoms with van der Waals surface area (Å²) in [7, 11) is 1.92. The Kier molecular flexibility index (Phi) is 4.10. The number of anilines is 1. The first-order valence-electron chi connectivity index (χ1n) is 7.43. The third kappa shape index (κ3) is 3.03. The van der Waals surface area contributed by atoms with Crippen LogP contribution in [0.15, 0.2) is 30.6 Å². The fourth-order valence-electron chi connectivity index (χ4n) is 3.02. The fraction of sp³-hybridized carbons (Fsp3) is 0.438. The molecule has 3 heterocycles. The van der Waals surface area contributed by atoms with Gasteiger partial charge in [0.2, 0.25) is 0 Å². The highest BCUT2D eigenvalue weighted by Crippen LogP contribution is 2.32. The summed E-state index contributed by atoms with van der Waals surface area (Å²) in [4.78, 5) is 15.7. The number of hydrogen-bond acceptors (Lipinski definition) is 5. The molecule has 2 aromatic heterocycles. The monoisotopic (exact) mass is 283 g/mol. The van der Waals surface area contributed by atoms with Crippen LogP contribution in [-0.2, 0) is 6.54 Å². The highest BCUT2D eigenvalue weighted by atomic mass is 15.2. The number of nitrogens with one attached hydrogen (secondary N) is 1. The first-order chi connectivity index (χ1) is 10.3. The Morgan fingerprint density at radius 1 is 1.29 bits per heavy atom. The van der Waals surface area contributed by atoms with Gasteiger partial charge in [0.25, 0.3) is 0 Å². The summed E-state index contributed by atoms with van der Waals surface area (Å²) in [5, 5.41) is 3.17. The van der Waals surface area contributed by atoms with E-state index in [4.69, 9.17) is 0 Å². The van der Waals surface area contributed by atoms with Crippen molar-refractivity contribution >= 4 is 5.82 Å². The molecule has 0 aliphatic carbocycles. The number of rotatable bonds is 4.